The quantitative estimate of drug-likeness (QED) is 0.742. The highest BCUT2D eigenvalue weighted by Crippen LogP contribution is 2.22. The molecule has 0 spiro atoms. The van der Waals surface area contributed by atoms with Crippen LogP contribution in [0.2, 0.25) is 0 Å². The van der Waals surface area contributed by atoms with E-state index in [1.54, 1.807) is 0 Å². The van der Waals surface area contributed by atoms with Gasteiger partial charge in [0.1, 0.15) is 0 Å². The van der Waals surface area contributed by atoms with Crippen molar-refractivity contribution in [2.75, 3.05) is 32.8 Å². The predicted octanol–water partition coefficient (Wildman–Crippen LogP) is 1.12. The molecule has 0 saturated carbocycles. The van der Waals surface area contributed by atoms with Crippen LogP contribution in [0.3, 0.4) is 0 Å². The van der Waals surface area contributed by atoms with E-state index in [9.17, 15) is 5.11 Å². The number of rotatable bonds is 3. The average molecular weight is 201 g/mol. The topological polar surface area (TPSA) is 32.7 Å². The van der Waals surface area contributed by atoms with E-state index in [1.807, 2.05) is 6.92 Å². The second-order valence-electron chi connectivity index (χ2n) is 4.91. The molecule has 1 aliphatic heterocycles. The van der Waals surface area contributed by atoms with Crippen molar-refractivity contribution in [1.82, 2.24) is 4.90 Å². The van der Waals surface area contributed by atoms with Crippen LogP contribution >= 0.6 is 0 Å². The van der Waals surface area contributed by atoms with Gasteiger partial charge < -0.3 is 14.7 Å². The Labute approximate surface area is 87.1 Å². The molecule has 14 heavy (non-hydrogen) atoms. The fraction of sp³-hybridized carbons (Fsp3) is 1.00. The molecule has 0 aromatic carbocycles. The van der Waals surface area contributed by atoms with Crippen molar-refractivity contribution >= 4 is 0 Å². The normalized spacial score (nSPS) is 23.1. The van der Waals surface area contributed by atoms with E-state index >= 15 is 0 Å². The first-order valence-electron chi connectivity index (χ1n) is 5.50. The van der Waals surface area contributed by atoms with Crippen LogP contribution in [0.15, 0.2) is 0 Å². The molecule has 1 aliphatic rings. The highest BCUT2D eigenvalue weighted by Gasteiger charge is 2.27. The van der Waals surface area contributed by atoms with E-state index in [4.69, 9.17) is 4.74 Å². The summed E-state index contributed by atoms with van der Waals surface area (Å²) in [6.07, 6.45) is 0.849. The summed E-state index contributed by atoms with van der Waals surface area (Å²) in [6.45, 7) is 10.9. The van der Waals surface area contributed by atoms with Gasteiger partial charge >= 0.3 is 0 Å². The highest BCUT2D eigenvalue weighted by molar-refractivity contribution is 4.79. The van der Waals surface area contributed by atoms with Gasteiger partial charge in [0.05, 0.1) is 12.7 Å². The van der Waals surface area contributed by atoms with Crippen LogP contribution in [-0.4, -0.2) is 49.0 Å². The summed E-state index contributed by atoms with van der Waals surface area (Å²) in [4.78, 5) is 2.39. The molecule has 0 aliphatic carbocycles. The number of aliphatic hydroxyl groups is 1. The summed E-state index contributed by atoms with van der Waals surface area (Å²) >= 11 is 0. The zero-order chi connectivity index (χ0) is 10.6. The zero-order valence-corrected chi connectivity index (χ0v) is 9.62. The largest absolute Gasteiger partial charge is 0.393 e. The van der Waals surface area contributed by atoms with E-state index in [0.717, 1.165) is 39.3 Å². The lowest BCUT2D eigenvalue weighted by Gasteiger charge is -2.33. The third-order valence-corrected chi connectivity index (χ3v) is 3.08. The Morgan fingerprint density at radius 3 is 2.71 bits per heavy atom. The van der Waals surface area contributed by atoms with E-state index in [0.29, 0.717) is 0 Å². The molecule has 1 saturated heterocycles. The Morgan fingerprint density at radius 1 is 1.36 bits per heavy atom. The molecule has 0 aromatic rings. The fourth-order valence-corrected chi connectivity index (χ4v) is 1.66. The first-order chi connectivity index (χ1) is 6.52. The summed E-state index contributed by atoms with van der Waals surface area (Å²) in [5, 5.41) is 9.62. The van der Waals surface area contributed by atoms with E-state index < -0.39 is 0 Å². The van der Waals surface area contributed by atoms with Gasteiger partial charge in [0, 0.05) is 31.7 Å². The fourth-order valence-electron chi connectivity index (χ4n) is 1.66. The van der Waals surface area contributed by atoms with Gasteiger partial charge in [-0.1, -0.05) is 13.8 Å². The molecular weight excluding hydrogens is 178 g/mol. The minimum absolute atomic E-state index is 0.0235. The Balaban J connectivity index is 2.41. The molecule has 84 valence electrons. The van der Waals surface area contributed by atoms with Crippen LogP contribution in [0.25, 0.3) is 0 Å². The van der Waals surface area contributed by atoms with Crippen molar-refractivity contribution in [2.24, 2.45) is 5.41 Å². The summed E-state index contributed by atoms with van der Waals surface area (Å²) in [5.41, 5.74) is -0.0235. The van der Waals surface area contributed by atoms with Crippen LogP contribution in [-0.2, 0) is 4.74 Å². The molecule has 1 fully saturated rings. The van der Waals surface area contributed by atoms with Crippen LogP contribution in [0.5, 0.6) is 0 Å². The van der Waals surface area contributed by atoms with Crippen molar-refractivity contribution in [2.45, 2.75) is 33.3 Å². The van der Waals surface area contributed by atoms with Gasteiger partial charge in [0.2, 0.25) is 0 Å². The third kappa shape index (κ3) is 3.56. The highest BCUT2D eigenvalue weighted by atomic mass is 16.5. The lowest BCUT2D eigenvalue weighted by atomic mass is 9.87. The van der Waals surface area contributed by atoms with Crippen molar-refractivity contribution < 1.29 is 9.84 Å². The van der Waals surface area contributed by atoms with Gasteiger partial charge in [-0.05, 0) is 13.3 Å². The number of hydrogen-bond donors (Lipinski definition) is 1. The van der Waals surface area contributed by atoms with Gasteiger partial charge in [-0.25, -0.2) is 0 Å². The van der Waals surface area contributed by atoms with E-state index in [1.165, 1.54) is 0 Å². The predicted molar refractivity (Wildman–Crippen MR) is 57.3 cm³/mol. The molecule has 1 heterocycles. The molecular formula is C11H23NO2. The summed E-state index contributed by atoms with van der Waals surface area (Å²) in [5.74, 6) is 0. The molecule has 1 unspecified atom stereocenters. The Bertz CT molecular complexity index is 161. The maximum Gasteiger partial charge on any atom is 0.0593 e. The third-order valence-electron chi connectivity index (χ3n) is 3.08. The van der Waals surface area contributed by atoms with Gasteiger partial charge in [0.15, 0.2) is 0 Å². The molecule has 0 bridgehead atoms. The second-order valence-corrected chi connectivity index (χ2v) is 4.91. The lowest BCUT2D eigenvalue weighted by molar-refractivity contribution is 0.0334. The maximum atomic E-state index is 9.62. The van der Waals surface area contributed by atoms with Crippen LogP contribution in [0.4, 0.5) is 0 Å². The van der Waals surface area contributed by atoms with E-state index in [2.05, 4.69) is 18.7 Å². The minimum atomic E-state index is -0.258. The van der Waals surface area contributed by atoms with E-state index in [-0.39, 0.29) is 11.5 Å². The van der Waals surface area contributed by atoms with Gasteiger partial charge in [-0.15, -0.1) is 0 Å². The Kier molecular flexibility index (Phi) is 4.35. The molecule has 3 nitrogen and oxygen atoms in total. The van der Waals surface area contributed by atoms with Crippen molar-refractivity contribution in [3.63, 3.8) is 0 Å². The minimum Gasteiger partial charge on any atom is -0.393 e. The first-order valence-corrected chi connectivity index (χ1v) is 5.50. The monoisotopic (exact) mass is 201 g/mol. The van der Waals surface area contributed by atoms with Gasteiger partial charge in [0.25, 0.3) is 0 Å². The van der Waals surface area contributed by atoms with Crippen molar-refractivity contribution in [3.8, 4) is 0 Å². The van der Waals surface area contributed by atoms with Gasteiger partial charge in [-0.2, -0.15) is 0 Å². The molecule has 0 aromatic heterocycles. The SMILES string of the molecule is CC(O)C(C)(C)CN1CCCOCC1. The number of hydrogen-bond acceptors (Lipinski definition) is 3. The smallest absolute Gasteiger partial charge is 0.0593 e. The molecule has 1 rings (SSSR count). The zero-order valence-electron chi connectivity index (χ0n) is 9.62. The lowest BCUT2D eigenvalue weighted by Crippen LogP contribution is -2.41. The number of ether oxygens (including phenoxy) is 1. The molecule has 0 radical (unpaired) electrons. The van der Waals surface area contributed by atoms with Crippen LogP contribution < -0.4 is 0 Å². The second kappa shape index (κ2) is 5.10. The maximum absolute atomic E-state index is 9.62. The molecule has 1 atom stereocenters. The van der Waals surface area contributed by atoms with Crippen molar-refractivity contribution in [1.29, 1.82) is 0 Å². The van der Waals surface area contributed by atoms with Gasteiger partial charge in [-0.3, -0.25) is 0 Å². The average Bonchev–Trinajstić information content (AvgIpc) is 2.32. The summed E-state index contributed by atoms with van der Waals surface area (Å²) in [6, 6.07) is 0. The number of nitrogens with zero attached hydrogens (tertiary/aromatic N) is 1. The van der Waals surface area contributed by atoms with Crippen LogP contribution in [0, 0.1) is 5.41 Å². The molecule has 0 amide bonds. The summed E-state index contributed by atoms with van der Waals surface area (Å²) in [7, 11) is 0. The Hall–Kier alpha value is -0.120. The Morgan fingerprint density at radius 2 is 2.07 bits per heavy atom. The molecule has 3 heteroatoms. The standard InChI is InChI=1S/C11H23NO2/c1-10(13)11(2,3)9-12-5-4-7-14-8-6-12/h10,13H,4-9H2,1-3H3. The summed E-state index contributed by atoms with van der Waals surface area (Å²) < 4.78 is 5.40. The first kappa shape index (κ1) is 12.0. The molecule has 1 N–H and O–H groups in total. The van der Waals surface area contributed by atoms with Crippen molar-refractivity contribution in [3.05, 3.63) is 0 Å². The van der Waals surface area contributed by atoms with Crippen LogP contribution in [0.1, 0.15) is 27.2 Å². The number of aliphatic hydroxyl groups excluding tert-OH is 1.